The minimum Gasteiger partial charge on any atom is -0.463 e. The highest BCUT2D eigenvalue weighted by Crippen LogP contribution is 2.25. The zero-order valence-corrected chi connectivity index (χ0v) is 10.5. The molecule has 1 unspecified atom stereocenters. The minimum atomic E-state index is -0.551. The lowest BCUT2D eigenvalue weighted by Crippen LogP contribution is -1.94. The first kappa shape index (κ1) is 11.8. The van der Waals surface area contributed by atoms with Crippen molar-refractivity contribution in [3.8, 4) is 0 Å². The molecule has 14 heavy (non-hydrogen) atoms. The third-order valence-electron chi connectivity index (χ3n) is 1.92. The van der Waals surface area contributed by atoms with E-state index in [0.29, 0.717) is 12.2 Å². The third-order valence-corrected chi connectivity index (χ3v) is 2.36. The summed E-state index contributed by atoms with van der Waals surface area (Å²) < 4.78 is 6.43. The maximum atomic E-state index is 9.71. The lowest BCUT2D eigenvalue weighted by Gasteiger charge is -2.05. The van der Waals surface area contributed by atoms with Crippen LogP contribution in [0.3, 0.4) is 0 Å². The summed E-state index contributed by atoms with van der Waals surface area (Å²) in [5.41, 5.74) is 0. The lowest BCUT2D eigenvalue weighted by molar-refractivity contribution is 0.150. The summed E-state index contributed by atoms with van der Waals surface area (Å²) in [7, 11) is 0. The molecule has 1 N–H and O–H groups in total. The Morgan fingerprint density at radius 1 is 1.64 bits per heavy atom. The van der Waals surface area contributed by atoms with Crippen molar-refractivity contribution in [3.63, 3.8) is 0 Å². The second kappa shape index (κ2) is 5.56. The number of rotatable bonds is 5. The molecule has 0 bridgehead atoms. The second-order valence-corrected chi connectivity index (χ2v) is 4.82. The molecule has 0 saturated carbocycles. The van der Waals surface area contributed by atoms with Gasteiger partial charge in [-0.25, -0.2) is 0 Å². The molecule has 0 aromatic carbocycles. The Balaban J connectivity index is 2.61. The van der Waals surface area contributed by atoms with Crippen LogP contribution >= 0.6 is 22.6 Å². The van der Waals surface area contributed by atoms with Crippen molar-refractivity contribution in [1.82, 2.24) is 0 Å². The molecule has 1 aromatic heterocycles. The molecule has 0 amide bonds. The lowest BCUT2D eigenvalue weighted by atomic mass is 10.2. The van der Waals surface area contributed by atoms with Gasteiger partial charge in [0.05, 0.1) is 0 Å². The summed E-state index contributed by atoms with van der Waals surface area (Å²) in [6.45, 7) is 5.85. The molecular weight excluding hydrogens is 291 g/mol. The first-order valence-electron chi connectivity index (χ1n) is 4.73. The van der Waals surface area contributed by atoms with Crippen LogP contribution in [0.5, 0.6) is 0 Å². The number of hydrogen-bond donors (Lipinski definition) is 1. The molecule has 0 radical (unpaired) electrons. The molecule has 78 valence electrons. The van der Waals surface area contributed by atoms with Crippen molar-refractivity contribution in [2.75, 3.05) is 0 Å². The Labute approximate surface area is 98.1 Å². The quantitative estimate of drug-likeness (QED) is 0.843. The fourth-order valence-electron chi connectivity index (χ4n) is 1.26. The molecule has 1 rings (SSSR count). The molecule has 2 nitrogen and oxygen atoms in total. The zero-order chi connectivity index (χ0) is 10.6. The van der Waals surface area contributed by atoms with Crippen molar-refractivity contribution < 1.29 is 9.52 Å². The van der Waals surface area contributed by atoms with Gasteiger partial charge in [-0.3, -0.25) is 0 Å². The van der Waals surface area contributed by atoms with Gasteiger partial charge in [-0.15, -0.1) is 0 Å². The minimum absolute atomic E-state index is 0.551. The van der Waals surface area contributed by atoms with E-state index in [0.717, 1.165) is 22.2 Å². The van der Waals surface area contributed by atoms with Crippen molar-refractivity contribution in [3.05, 3.63) is 33.8 Å². The van der Waals surface area contributed by atoms with Gasteiger partial charge in [-0.05, 0) is 44.7 Å². The normalized spacial score (nSPS) is 12.8. The Morgan fingerprint density at radius 2 is 2.36 bits per heavy atom. The Bertz CT molecular complexity index is 304. The van der Waals surface area contributed by atoms with Crippen LogP contribution in [0.25, 0.3) is 0 Å². The van der Waals surface area contributed by atoms with Crippen LogP contribution in [0.1, 0.15) is 37.4 Å². The van der Waals surface area contributed by atoms with E-state index < -0.39 is 6.10 Å². The largest absolute Gasteiger partial charge is 0.463 e. The van der Waals surface area contributed by atoms with Gasteiger partial charge in [0.2, 0.25) is 0 Å². The van der Waals surface area contributed by atoms with E-state index in [2.05, 4.69) is 36.1 Å². The summed E-state index contributed by atoms with van der Waals surface area (Å²) in [6, 6.07) is 3.77. The van der Waals surface area contributed by atoms with E-state index in [9.17, 15) is 5.11 Å². The van der Waals surface area contributed by atoms with Crippen LogP contribution in [-0.2, 0) is 6.42 Å². The van der Waals surface area contributed by atoms with Gasteiger partial charge in [0, 0.05) is 12.8 Å². The van der Waals surface area contributed by atoms with Crippen LogP contribution in [0.15, 0.2) is 26.7 Å². The highest BCUT2D eigenvalue weighted by atomic mass is 127. The Hall–Kier alpha value is -0.290. The van der Waals surface area contributed by atoms with Gasteiger partial charge in [0.25, 0.3) is 0 Å². The molecule has 1 atom stereocenters. The van der Waals surface area contributed by atoms with E-state index in [1.807, 2.05) is 12.1 Å². The Kier molecular flexibility index (Phi) is 4.68. The molecule has 3 heteroatoms. The fraction of sp³-hybridized carbons (Fsp3) is 0.455. The third kappa shape index (κ3) is 3.46. The zero-order valence-electron chi connectivity index (χ0n) is 8.29. The van der Waals surface area contributed by atoms with Gasteiger partial charge < -0.3 is 9.52 Å². The number of furan rings is 1. The van der Waals surface area contributed by atoms with Gasteiger partial charge in [0.15, 0.2) is 0 Å². The molecule has 0 spiro atoms. The van der Waals surface area contributed by atoms with E-state index in [4.69, 9.17) is 4.42 Å². The van der Waals surface area contributed by atoms with Crippen LogP contribution in [0, 0.1) is 0 Å². The highest BCUT2D eigenvalue weighted by Gasteiger charge is 2.12. The number of aliphatic hydroxyl groups is 1. The van der Waals surface area contributed by atoms with Gasteiger partial charge in [0.1, 0.15) is 17.6 Å². The standard InChI is InChI=1S/C11H15IO2/c1-3-4-9-5-6-11(14-9)10(13)7-8(2)12/h5-6,10,13H,2-4,7H2,1H3. The molecule has 0 aliphatic rings. The van der Waals surface area contributed by atoms with E-state index in [1.165, 1.54) is 0 Å². The number of halogens is 1. The highest BCUT2D eigenvalue weighted by molar-refractivity contribution is 14.1. The first-order valence-corrected chi connectivity index (χ1v) is 5.81. The first-order chi connectivity index (χ1) is 6.63. The Morgan fingerprint density at radius 3 is 2.93 bits per heavy atom. The monoisotopic (exact) mass is 306 g/mol. The van der Waals surface area contributed by atoms with Crippen LogP contribution in [0.2, 0.25) is 0 Å². The molecule has 0 aliphatic heterocycles. The summed E-state index contributed by atoms with van der Waals surface area (Å²) in [5.74, 6) is 1.59. The predicted molar refractivity (Wildman–Crippen MR) is 65.4 cm³/mol. The number of hydrogen-bond acceptors (Lipinski definition) is 2. The summed E-state index contributed by atoms with van der Waals surface area (Å²) >= 11 is 2.11. The maximum Gasteiger partial charge on any atom is 0.133 e. The second-order valence-electron chi connectivity index (χ2n) is 3.29. The average molecular weight is 306 g/mol. The molecule has 0 saturated heterocycles. The molecule has 0 aliphatic carbocycles. The van der Waals surface area contributed by atoms with Crippen molar-refractivity contribution in [2.45, 2.75) is 32.3 Å². The van der Waals surface area contributed by atoms with Crippen molar-refractivity contribution in [2.24, 2.45) is 0 Å². The molecule has 0 fully saturated rings. The maximum absolute atomic E-state index is 9.71. The van der Waals surface area contributed by atoms with Crippen LogP contribution < -0.4 is 0 Å². The van der Waals surface area contributed by atoms with E-state index >= 15 is 0 Å². The van der Waals surface area contributed by atoms with E-state index in [1.54, 1.807) is 0 Å². The summed E-state index contributed by atoms with van der Waals surface area (Å²) in [4.78, 5) is 0. The summed E-state index contributed by atoms with van der Waals surface area (Å²) in [5, 5.41) is 9.71. The van der Waals surface area contributed by atoms with Gasteiger partial charge >= 0.3 is 0 Å². The van der Waals surface area contributed by atoms with Crippen molar-refractivity contribution >= 4 is 22.6 Å². The van der Waals surface area contributed by atoms with E-state index in [-0.39, 0.29) is 0 Å². The number of aryl methyl sites for hydroxylation is 1. The average Bonchev–Trinajstić information content (AvgIpc) is 2.52. The molecule has 1 heterocycles. The fourth-order valence-corrected chi connectivity index (χ4v) is 1.68. The van der Waals surface area contributed by atoms with Gasteiger partial charge in [-0.1, -0.05) is 13.5 Å². The number of aliphatic hydroxyl groups excluding tert-OH is 1. The van der Waals surface area contributed by atoms with Crippen LogP contribution in [-0.4, -0.2) is 5.11 Å². The molecule has 1 aromatic rings. The molecular formula is C11H15IO2. The SMILES string of the molecule is C=C(I)CC(O)c1ccc(CCC)o1. The van der Waals surface area contributed by atoms with Gasteiger partial charge in [-0.2, -0.15) is 0 Å². The smallest absolute Gasteiger partial charge is 0.133 e. The topological polar surface area (TPSA) is 33.4 Å². The van der Waals surface area contributed by atoms with Crippen molar-refractivity contribution in [1.29, 1.82) is 0 Å². The predicted octanol–water partition coefficient (Wildman–Crippen LogP) is 3.60. The van der Waals surface area contributed by atoms with Crippen LogP contribution in [0.4, 0.5) is 0 Å². The summed E-state index contributed by atoms with van der Waals surface area (Å²) in [6.07, 6.45) is 1.99.